The summed E-state index contributed by atoms with van der Waals surface area (Å²) in [5.74, 6) is -0.981. The number of hydrogen-bond acceptors (Lipinski definition) is 5. The Bertz CT molecular complexity index is 880. The summed E-state index contributed by atoms with van der Waals surface area (Å²) in [5, 5.41) is 0.578. The monoisotopic (exact) mass is 353 g/mol. The van der Waals surface area contributed by atoms with Gasteiger partial charge in [0.15, 0.2) is 0 Å². The highest BCUT2D eigenvalue weighted by Crippen LogP contribution is 2.28. The molecular formula is C19H19N3O4. The zero-order valence-corrected chi connectivity index (χ0v) is 14.6. The van der Waals surface area contributed by atoms with E-state index in [9.17, 15) is 14.4 Å². The van der Waals surface area contributed by atoms with Crippen LogP contribution in [-0.4, -0.2) is 32.8 Å². The SMILES string of the molecule is CC(C)c1nc2c([nH]1)CC(C(=O)ON1C(=O)c3ccccc3C1=O)CC2. The third-order valence-electron chi connectivity index (χ3n) is 4.88. The van der Waals surface area contributed by atoms with E-state index >= 15 is 0 Å². The van der Waals surface area contributed by atoms with Crippen LogP contribution in [0.25, 0.3) is 0 Å². The van der Waals surface area contributed by atoms with E-state index in [4.69, 9.17) is 4.84 Å². The Morgan fingerprint density at radius 3 is 2.50 bits per heavy atom. The smallest absolute Gasteiger partial charge is 0.336 e. The molecule has 26 heavy (non-hydrogen) atoms. The predicted octanol–water partition coefficient (Wildman–Crippen LogP) is 2.39. The van der Waals surface area contributed by atoms with Crippen molar-refractivity contribution in [2.24, 2.45) is 5.92 Å². The van der Waals surface area contributed by atoms with E-state index in [2.05, 4.69) is 23.8 Å². The van der Waals surface area contributed by atoms with Gasteiger partial charge in [0, 0.05) is 18.0 Å². The fourth-order valence-electron chi connectivity index (χ4n) is 3.39. The molecule has 0 spiro atoms. The lowest BCUT2D eigenvalue weighted by molar-refractivity contribution is -0.174. The minimum atomic E-state index is -0.598. The molecule has 7 nitrogen and oxygen atoms in total. The number of carbonyl (C=O) groups excluding carboxylic acids is 3. The summed E-state index contributed by atoms with van der Waals surface area (Å²) in [7, 11) is 0. The van der Waals surface area contributed by atoms with Crippen LogP contribution in [-0.2, 0) is 22.5 Å². The number of nitrogens with zero attached hydrogens (tertiary/aromatic N) is 2. The zero-order chi connectivity index (χ0) is 18.4. The van der Waals surface area contributed by atoms with Gasteiger partial charge in [-0.05, 0) is 25.0 Å². The summed E-state index contributed by atoms with van der Waals surface area (Å²) in [6.07, 6.45) is 1.72. The summed E-state index contributed by atoms with van der Waals surface area (Å²) in [5.41, 5.74) is 2.43. The fourth-order valence-corrected chi connectivity index (χ4v) is 3.39. The maximum absolute atomic E-state index is 12.5. The molecular weight excluding hydrogens is 334 g/mol. The number of imidazole rings is 1. The second kappa shape index (κ2) is 6.09. The highest BCUT2D eigenvalue weighted by atomic mass is 16.7. The molecule has 2 aliphatic rings. The van der Waals surface area contributed by atoms with Crippen LogP contribution in [0, 0.1) is 5.92 Å². The molecule has 0 saturated carbocycles. The van der Waals surface area contributed by atoms with E-state index in [1.807, 2.05) is 0 Å². The minimum absolute atomic E-state index is 0.256. The number of H-pyrrole nitrogens is 1. The van der Waals surface area contributed by atoms with Gasteiger partial charge in [-0.15, -0.1) is 0 Å². The molecule has 2 heterocycles. The molecule has 1 aliphatic carbocycles. The summed E-state index contributed by atoms with van der Waals surface area (Å²) >= 11 is 0. The lowest BCUT2D eigenvalue weighted by Gasteiger charge is -2.21. The van der Waals surface area contributed by atoms with E-state index in [1.165, 1.54) is 0 Å². The van der Waals surface area contributed by atoms with Crippen molar-refractivity contribution in [2.75, 3.05) is 0 Å². The Kier molecular flexibility index (Phi) is 3.86. The Hall–Kier alpha value is -2.96. The number of hydrogen-bond donors (Lipinski definition) is 1. The summed E-state index contributed by atoms with van der Waals surface area (Å²) in [4.78, 5) is 50.2. The van der Waals surface area contributed by atoms with Gasteiger partial charge in [-0.3, -0.25) is 9.59 Å². The third kappa shape index (κ3) is 2.60. The molecule has 0 fully saturated rings. The van der Waals surface area contributed by atoms with E-state index in [1.54, 1.807) is 24.3 Å². The van der Waals surface area contributed by atoms with Crippen LogP contribution in [0.5, 0.6) is 0 Å². The van der Waals surface area contributed by atoms with Gasteiger partial charge in [0.1, 0.15) is 5.82 Å². The minimum Gasteiger partial charge on any atom is -0.345 e. The van der Waals surface area contributed by atoms with Crippen LogP contribution in [0.4, 0.5) is 0 Å². The van der Waals surface area contributed by atoms with E-state index in [0.29, 0.717) is 24.3 Å². The normalized spacial score (nSPS) is 18.9. The Labute approximate surface area is 150 Å². The number of nitrogens with one attached hydrogen (secondary N) is 1. The molecule has 1 N–H and O–H groups in total. The summed E-state index contributed by atoms with van der Waals surface area (Å²) in [6, 6.07) is 6.44. The number of hydroxylamine groups is 2. The lowest BCUT2D eigenvalue weighted by Crippen LogP contribution is -2.36. The van der Waals surface area contributed by atoms with Gasteiger partial charge in [-0.1, -0.05) is 31.0 Å². The number of aromatic amines is 1. The van der Waals surface area contributed by atoms with Crippen LogP contribution >= 0.6 is 0 Å². The molecule has 2 amide bonds. The van der Waals surface area contributed by atoms with Gasteiger partial charge < -0.3 is 9.82 Å². The Morgan fingerprint density at radius 2 is 1.88 bits per heavy atom. The van der Waals surface area contributed by atoms with Crippen molar-refractivity contribution in [3.05, 3.63) is 52.6 Å². The van der Waals surface area contributed by atoms with Crippen LogP contribution in [0.3, 0.4) is 0 Å². The Balaban J connectivity index is 1.48. The molecule has 1 aromatic heterocycles. The number of aryl methyl sites for hydroxylation is 1. The number of rotatable bonds is 3. The molecule has 4 rings (SSSR count). The third-order valence-corrected chi connectivity index (χ3v) is 4.88. The average molecular weight is 353 g/mol. The van der Waals surface area contributed by atoms with Gasteiger partial charge in [0.2, 0.25) is 0 Å². The predicted molar refractivity (Wildman–Crippen MR) is 91.2 cm³/mol. The van der Waals surface area contributed by atoms with E-state index in [-0.39, 0.29) is 17.0 Å². The van der Waals surface area contributed by atoms with Gasteiger partial charge in [0.25, 0.3) is 11.8 Å². The first-order chi connectivity index (χ1) is 12.5. The number of imide groups is 1. The first-order valence-corrected chi connectivity index (χ1v) is 8.73. The zero-order valence-electron chi connectivity index (χ0n) is 14.6. The van der Waals surface area contributed by atoms with Crippen molar-refractivity contribution < 1.29 is 19.2 Å². The quantitative estimate of drug-likeness (QED) is 0.856. The van der Waals surface area contributed by atoms with Gasteiger partial charge in [0.05, 0.1) is 22.7 Å². The number of carbonyl (C=O) groups is 3. The number of fused-ring (bicyclic) bond motifs is 2. The topological polar surface area (TPSA) is 92.4 Å². The largest absolute Gasteiger partial charge is 0.345 e. The second-order valence-corrected chi connectivity index (χ2v) is 7.00. The molecule has 1 unspecified atom stereocenters. The average Bonchev–Trinajstić information content (AvgIpc) is 3.17. The number of amides is 2. The van der Waals surface area contributed by atoms with Crippen molar-refractivity contribution in [3.63, 3.8) is 0 Å². The van der Waals surface area contributed by atoms with Crippen LogP contribution in [0.15, 0.2) is 24.3 Å². The Morgan fingerprint density at radius 1 is 1.23 bits per heavy atom. The highest BCUT2D eigenvalue weighted by molar-refractivity contribution is 6.20. The standard InChI is InChI=1S/C19H19N3O4/c1-10(2)16-20-14-8-7-11(9-15(14)21-16)19(25)26-22-17(23)12-5-3-4-6-13(12)18(22)24/h3-6,10-11H,7-9H2,1-2H3,(H,20,21). The van der Waals surface area contributed by atoms with Crippen molar-refractivity contribution in [1.82, 2.24) is 15.0 Å². The van der Waals surface area contributed by atoms with Gasteiger partial charge in [-0.2, -0.15) is 0 Å². The van der Waals surface area contributed by atoms with Crippen LogP contribution in [0.2, 0.25) is 0 Å². The molecule has 134 valence electrons. The van der Waals surface area contributed by atoms with E-state index in [0.717, 1.165) is 17.2 Å². The first-order valence-electron chi connectivity index (χ1n) is 8.73. The maximum Gasteiger partial charge on any atom is 0.336 e. The van der Waals surface area contributed by atoms with Crippen molar-refractivity contribution in [2.45, 2.75) is 39.0 Å². The molecule has 0 bridgehead atoms. The molecule has 0 saturated heterocycles. The van der Waals surface area contributed by atoms with Crippen molar-refractivity contribution in [3.8, 4) is 0 Å². The molecule has 2 aromatic rings. The number of aromatic nitrogens is 2. The number of benzene rings is 1. The summed E-state index contributed by atoms with van der Waals surface area (Å²) < 4.78 is 0. The fraction of sp³-hybridized carbons (Fsp3) is 0.368. The van der Waals surface area contributed by atoms with Crippen LogP contribution < -0.4 is 0 Å². The molecule has 1 aromatic carbocycles. The van der Waals surface area contributed by atoms with Crippen LogP contribution in [0.1, 0.15) is 64.1 Å². The molecule has 7 heteroatoms. The molecule has 1 aliphatic heterocycles. The maximum atomic E-state index is 12.5. The summed E-state index contributed by atoms with van der Waals surface area (Å²) in [6.45, 7) is 4.11. The van der Waals surface area contributed by atoms with Gasteiger partial charge >= 0.3 is 5.97 Å². The lowest BCUT2D eigenvalue weighted by atomic mass is 9.90. The van der Waals surface area contributed by atoms with Crippen molar-refractivity contribution >= 4 is 17.8 Å². The highest BCUT2D eigenvalue weighted by Gasteiger charge is 2.40. The first kappa shape index (κ1) is 16.5. The molecule has 0 radical (unpaired) electrons. The van der Waals surface area contributed by atoms with Crippen molar-refractivity contribution in [1.29, 1.82) is 0 Å². The molecule has 1 atom stereocenters. The second-order valence-electron chi connectivity index (χ2n) is 7.00. The van der Waals surface area contributed by atoms with E-state index < -0.39 is 23.7 Å². The van der Waals surface area contributed by atoms with Gasteiger partial charge in [-0.25, -0.2) is 9.78 Å².